The van der Waals surface area contributed by atoms with Crippen molar-refractivity contribution in [2.24, 2.45) is 5.73 Å². The predicted molar refractivity (Wildman–Crippen MR) is 63.2 cm³/mol. The maximum atomic E-state index is 5.85. The van der Waals surface area contributed by atoms with Gasteiger partial charge in [0.2, 0.25) is 0 Å². The van der Waals surface area contributed by atoms with Crippen molar-refractivity contribution in [1.29, 1.82) is 0 Å². The highest BCUT2D eigenvalue weighted by Gasteiger charge is 2.09. The minimum Gasteiger partial charge on any atom is -0.325 e. The van der Waals surface area contributed by atoms with Crippen LogP contribution in [0.3, 0.4) is 0 Å². The van der Waals surface area contributed by atoms with E-state index in [0.29, 0.717) is 0 Å². The summed E-state index contributed by atoms with van der Waals surface area (Å²) in [6.45, 7) is 6.38. The monoisotopic (exact) mass is 207 g/mol. The van der Waals surface area contributed by atoms with E-state index in [4.69, 9.17) is 5.73 Å². The number of hydrogen-bond donors (Lipinski definition) is 1. The highest BCUT2D eigenvalue weighted by atomic mass is 32.2. The van der Waals surface area contributed by atoms with Crippen LogP contribution in [0.1, 0.15) is 27.2 Å². The van der Waals surface area contributed by atoms with Crippen LogP contribution in [0, 0.1) is 0 Å². The fourth-order valence-corrected chi connectivity index (χ4v) is 2.58. The summed E-state index contributed by atoms with van der Waals surface area (Å²) >= 11 is 3.99. The molecule has 74 valence electrons. The summed E-state index contributed by atoms with van der Waals surface area (Å²) in [5.74, 6) is 4.87. The molecule has 0 aliphatic heterocycles. The molecule has 0 amide bonds. The summed E-state index contributed by atoms with van der Waals surface area (Å²) in [6.07, 6.45) is 1.32. The molecule has 0 bridgehead atoms. The summed E-state index contributed by atoms with van der Waals surface area (Å²) in [5.41, 5.74) is 5.85. The number of hydrogen-bond acceptors (Lipinski definition) is 3. The summed E-state index contributed by atoms with van der Waals surface area (Å²) in [5, 5.41) is 0. The smallest absolute Gasteiger partial charge is 0.0188 e. The number of nitrogens with two attached hydrogens (primary N) is 1. The Balaban J connectivity index is 3.01. The number of rotatable bonds is 7. The largest absolute Gasteiger partial charge is 0.325 e. The van der Waals surface area contributed by atoms with Gasteiger partial charge in [0.05, 0.1) is 0 Å². The Hall–Kier alpha value is 0.660. The molecule has 3 heteroatoms. The third kappa shape index (κ3) is 10.7. The SMILES string of the molecule is CCSCCCSCC(C)(C)N. The Labute approximate surface area is 85.2 Å². The maximum absolute atomic E-state index is 5.85. The first-order valence-electron chi connectivity index (χ1n) is 4.50. The molecule has 0 saturated carbocycles. The van der Waals surface area contributed by atoms with Crippen LogP contribution in [0.4, 0.5) is 0 Å². The van der Waals surface area contributed by atoms with Crippen LogP contribution in [-0.2, 0) is 0 Å². The van der Waals surface area contributed by atoms with Crippen LogP contribution >= 0.6 is 23.5 Å². The molecule has 0 atom stereocenters. The molecule has 12 heavy (non-hydrogen) atoms. The molecule has 0 aliphatic carbocycles. The maximum Gasteiger partial charge on any atom is 0.0188 e. The van der Waals surface area contributed by atoms with Gasteiger partial charge >= 0.3 is 0 Å². The third-order valence-corrected chi connectivity index (χ3v) is 3.77. The van der Waals surface area contributed by atoms with Crippen LogP contribution in [0.5, 0.6) is 0 Å². The van der Waals surface area contributed by atoms with E-state index in [1.807, 2.05) is 23.5 Å². The quantitative estimate of drug-likeness (QED) is 0.650. The zero-order valence-electron chi connectivity index (χ0n) is 8.43. The zero-order valence-corrected chi connectivity index (χ0v) is 10.1. The first kappa shape index (κ1) is 12.7. The van der Waals surface area contributed by atoms with Crippen LogP contribution < -0.4 is 5.73 Å². The topological polar surface area (TPSA) is 26.0 Å². The second-order valence-corrected chi connectivity index (χ2v) is 6.09. The number of thioether (sulfide) groups is 2. The molecular formula is C9H21NS2. The summed E-state index contributed by atoms with van der Waals surface area (Å²) in [4.78, 5) is 0. The zero-order chi connectivity index (χ0) is 9.45. The Bertz CT molecular complexity index is 99.2. The minimum atomic E-state index is 0.00255. The molecule has 0 aromatic heterocycles. The van der Waals surface area contributed by atoms with E-state index in [-0.39, 0.29) is 5.54 Å². The Morgan fingerprint density at radius 1 is 1.17 bits per heavy atom. The molecule has 0 spiro atoms. The van der Waals surface area contributed by atoms with Gasteiger partial charge in [-0.05, 0) is 37.5 Å². The van der Waals surface area contributed by atoms with Crippen molar-refractivity contribution in [2.75, 3.05) is 23.0 Å². The van der Waals surface area contributed by atoms with E-state index in [1.165, 1.54) is 23.7 Å². The molecule has 0 heterocycles. The lowest BCUT2D eigenvalue weighted by Gasteiger charge is -2.17. The average Bonchev–Trinajstić information content (AvgIpc) is 1.94. The van der Waals surface area contributed by atoms with Crippen LogP contribution in [0.2, 0.25) is 0 Å². The van der Waals surface area contributed by atoms with Gasteiger partial charge in [-0.1, -0.05) is 6.92 Å². The molecule has 0 unspecified atom stereocenters. The van der Waals surface area contributed by atoms with Crippen molar-refractivity contribution in [2.45, 2.75) is 32.7 Å². The molecule has 1 nitrogen and oxygen atoms in total. The van der Waals surface area contributed by atoms with Crippen molar-refractivity contribution >= 4 is 23.5 Å². The van der Waals surface area contributed by atoms with Gasteiger partial charge in [-0.3, -0.25) is 0 Å². The Morgan fingerprint density at radius 2 is 1.75 bits per heavy atom. The summed E-state index contributed by atoms with van der Waals surface area (Å²) in [7, 11) is 0. The molecule has 0 aromatic rings. The van der Waals surface area contributed by atoms with E-state index in [0.717, 1.165) is 5.75 Å². The minimum absolute atomic E-state index is 0.00255. The molecular weight excluding hydrogens is 186 g/mol. The Morgan fingerprint density at radius 3 is 2.25 bits per heavy atom. The van der Waals surface area contributed by atoms with Crippen molar-refractivity contribution < 1.29 is 0 Å². The van der Waals surface area contributed by atoms with E-state index in [9.17, 15) is 0 Å². The van der Waals surface area contributed by atoms with E-state index < -0.39 is 0 Å². The first-order valence-corrected chi connectivity index (χ1v) is 6.81. The summed E-state index contributed by atoms with van der Waals surface area (Å²) < 4.78 is 0. The van der Waals surface area contributed by atoms with Gasteiger partial charge in [-0.25, -0.2) is 0 Å². The summed E-state index contributed by atoms with van der Waals surface area (Å²) in [6, 6.07) is 0. The lowest BCUT2D eigenvalue weighted by atomic mass is 10.1. The van der Waals surface area contributed by atoms with Gasteiger partial charge in [0.1, 0.15) is 0 Å². The first-order chi connectivity index (χ1) is 5.56. The molecule has 2 N–H and O–H groups in total. The Kier molecular flexibility index (Phi) is 7.49. The standard InChI is InChI=1S/C9H21NS2/c1-4-11-6-5-7-12-8-9(2,3)10/h4-8,10H2,1-3H3. The van der Waals surface area contributed by atoms with Crippen LogP contribution in [-0.4, -0.2) is 28.6 Å². The second kappa shape index (κ2) is 7.10. The van der Waals surface area contributed by atoms with Gasteiger partial charge in [-0.2, -0.15) is 23.5 Å². The lowest BCUT2D eigenvalue weighted by molar-refractivity contribution is 0.591. The van der Waals surface area contributed by atoms with Gasteiger partial charge < -0.3 is 5.73 Å². The van der Waals surface area contributed by atoms with E-state index in [2.05, 4.69) is 20.8 Å². The molecule has 0 saturated heterocycles. The van der Waals surface area contributed by atoms with E-state index in [1.54, 1.807) is 0 Å². The van der Waals surface area contributed by atoms with E-state index >= 15 is 0 Å². The van der Waals surface area contributed by atoms with Gasteiger partial charge in [0, 0.05) is 11.3 Å². The molecule has 0 radical (unpaired) electrons. The lowest BCUT2D eigenvalue weighted by Crippen LogP contribution is -2.34. The molecule has 0 fully saturated rings. The molecule has 0 rings (SSSR count). The van der Waals surface area contributed by atoms with Gasteiger partial charge in [-0.15, -0.1) is 0 Å². The second-order valence-electron chi connectivity index (χ2n) is 3.59. The van der Waals surface area contributed by atoms with Crippen molar-refractivity contribution in [3.05, 3.63) is 0 Å². The van der Waals surface area contributed by atoms with Gasteiger partial charge in [0.25, 0.3) is 0 Å². The van der Waals surface area contributed by atoms with Crippen molar-refractivity contribution in [3.8, 4) is 0 Å². The van der Waals surface area contributed by atoms with Crippen LogP contribution in [0.15, 0.2) is 0 Å². The fraction of sp³-hybridized carbons (Fsp3) is 1.00. The van der Waals surface area contributed by atoms with Gasteiger partial charge in [0.15, 0.2) is 0 Å². The predicted octanol–water partition coefficient (Wildman–Crippen LogP) is 2.60. The van der Waals surface area contributed by atoms with Crippen molar-refractivity contribution in [3.63, 3.8) is 0 Å². The van der Waals surface area contributed by atoms with Crippen LogP contribution in [0.25, 0.3) is 0 Å². The molecule has 0 aromatic carbocycles. The fourth-order valence-electron chi connectivity index (χ4n) is 0.743. The highest BCUT2D eigenvalue weighted by Crippen LogP contribution is 2.12. The van der Waals surface area contributed by atoms with Crippen molar-refractivity contribution in [1.82, 2.24) is 0 Å². The highest BCUT2D eigenvalue weighted by molar-refractivity contribution is 8.00. The molecule has 0 aliphatic rings. The third-order valence-electron chi connectivity index (χ3n) is 1.26. The average molecular weight is 207 g/mol. The normalized spacial score (nSPS) is 12.0.